The summed E-state index contributed by atoms with van der Waals surface area (Å²) in [5, 5.41) is 6.29. The molecule has 0 atom stereocenters. The standard InChI is InChI=1S/C24H24ClN5O2S/c1-17-23-24(30(26-17)20-5-3-2-4-6-20)33-16-22(32)29(23)15-21(31)28-13-11-27(12-14-28)19-9-7-18(25)8-10-19/h2-10H,11-16H2,1H3. The molecule has 1 fully saturated rings. The molecule has 9 heteroatoms. The van der Waals surface area contributed by atoms with Gasteiger partial charge in [-0.05, 0) is 43.3 Å². The Morgan fingerprint density at radius 2 is 1.70 bits per heavy atom. The number of amides is 2. The number of aromatic nitrogens is 2. The van der Waals surface area contributed by atoms with E-state index in [0.29, 0.717) is 23.9 Å². The van der Waals surface area contributed by atoms with Gasteiger partial charge in [0, 0.05) is 36.9 Å². The Kier molecular flexibility index (Phi) is 6.03. The van der Waals surface area contributed by atoms with Gasteiger partial charge >= 0.3 is 0 Å². The molecule has 2 aromatic carbocycles. The van der Waals surface area contributed by atoms with E-state index in [9.17, 15) is 9.59 Å². The highest BCUT2D eigenvalue weighted by molar-refractivity contribution is 8.00. The van der Waals surface area contributed by atoms with E-state index >= 15 is 0 Å². The predicted octanol–water partition coefficient (Wildman–Crippen LogP) is 3.62. The van der Waals surface area contributed by atoms with Gasteiger partial charge in [-0.15, -0.1) is 0 Å². The topological polar surface area (TPSA) is 61.7 Å². The third kappa shape index (κ3) is 4.32. The molecule has 0 saturated carbocycles. The number of rotatable bonds is 4. The lowest BCUT2D eigenvalue weighted by atomic mass is 10.2. The number of nitrogens with zero attached hydrogens (tertiary/aromatic N) is 5. The van der Waals surface area contributed by atoms with Gasteiger partial charge < -0.3 is 9.80 Å². The van der Waals surface area contributed by atoms with E-state index in [0.717, 1.165) is 40.9 Å². The van der Waals surface area contributed by atoms with Crippen molar-refractivity contribution >= 4 is 46.6 Å². The summed E-state index contributed by atoms with van der Waals surface area (Å²) in [6.45, 7) is 4.65. The zero-order valence-corrected chi connectivity index (χ0v) is 19.8. The molecule has 5 rings (SSSR count). The molecule has 7 nitrogen and oxygen atoms in total. The van der Waals surface area contributed by atoms with Crippen molar-refractivity contribution in [1.82, 2.24) is 14.7 Å². The van der Waals surface area contributed by atoms with Gasteiger partial charge in [-0.1, -0.05) is 41.6 Å². The Balaban J connectivity index is 1.30. The fraction of sp³-hybridized carbons (Fsp3) is 0.292. The van der Waals surface area contributed by atoms with Gasteiger partial charge in [-0.25, -0.2) is 4.68 Å². The van der Waals surface area contributed by atoms with Crippen LogP contribution in [0.15, 0.2) is 59.6 Å². The molecule has 0 spiro atoms. The number of fused-ring (bicyclic) bond motifs is 1. The largest absolute Gasteiger partial charge is 0.368 e. The number of hydrogen-bond acceptors (Lipinski definition) is 5. The first-order chi connectivity index (χ1) is 16.0. The first-order valence-corrected chi connectivity index (χ1v) is 12.2. The molecule has 170 valence electrons. The van der Waals surface area contributed by atoms with Crippen molar-refractivity contribution in [3.63, 3.8) is 0 Å². The molecular formula is C24H24ClN5O2S. The molecule has 0 bridgehead atoms. The van der Waals surface area contributed by atoms with Crippen LogP contribution in [0.5, 0.6) is 0 Å². The second-order valence-electron chi connectivity index (χ2n) is 8.10. The zero-order valence-electron chi connectivity index (χ0n) is 18.3. The number of hydrogen-bond donors (Lipinski definition) is 0. The quantitative estimate of drug-likeness (QED) is 0.569. The molecule has 2 amide bonds. The molecule has 1 aromatic heterocycles. The van der Waals surface area contributed by atoms with Crippen LogP contribution in [0.1, 0.15) is 5.69 Å². The Morgan fingerprint density at radius 1 is 1.00 bits per heavy atom. The normalized spacial score (nSPS) is 16.2. The van der Waals surface area contributed by atoms with Crippen LogP contribution >= 0.6 is 23.4 Å². The van der Waals surface area contributed by atoms with Crippen LogP contribution in [-0.4, -0.2) is 65.0 Å². The van der Waals surface area contributed by atoms with Gasteiger partial charge in [-0.2, -0.15) is 5.10 Å². The van der Waals surface area contributed by atoms with Crippen LogP contribution in [-0.2, 0) is 9.59 Å². The Labute approximate surface area is 201 Å². The van der Waals surface area contributed by atoms with Crippen LogP contribution in [0, 0.1) is 6.92 Å². The lowest BCUT2D eigenvalue weighted by molar-refractivity contribution is -0.131. The van der Waals surface area contributed by atoms with E-state index in [1.807, 2.05) is 71.1 Å². The SMILES string of the molecule is Cc1nn(-c2ccccc2)c2c1N(CC(=O)N1CCN(c3ccc(Cl)cc3)CC1)C(=O)CS2. The van der Waals surface area contributed by atoms with Crippen molar-refractivity contribution in [2.75, 3.05) is 48.3 Å². The molecule has 33 heavy (non-hydrogen) atoms. The van der Waals surface area contributed by atoms with Gasteiger partial charge in [0.15, 0.2) is 0 Å². The third-order valence-corrected chi connectivity index (χ3v) is 7.29. The molecule has 2 aliphatic rings. The Hall–Kier alpha value is -2.97. The van der Waals surface area contributed by atoms with Crippen molar-refractivity contribution in [3.8, 4) is 5.69 Å². The lowest BCUT2D eigenvalue weighted by Gasteiger charge is -2.37. The zero-order chi connectivity index (χ0) is 22.9. The maximum Gasteiger partial charge on any atom is 0.242 e. The third-order valence-electron chi connectivity index (χ3n) is 6.01. The van der Waals surface area contributed by atoms with Gasteiger partial charge in [0.1, 0.15) is 11.6 Å². The Morgan fingerprint density at radius 3 is 2.39 bits per heavy atom. The van der Waals surface area contributed by atoms with Gasteiger partial charge in [0.05, 0.1) is 22.8 Å². The maximum atomic E-state index is 13.2. The fourth-order valence-electron chi connectivity index (χ4n) is 4.28. The maximum absolute atomic E-state index is 13.2. The minimum Gasteiger partial charge on any atom is -0.368 e. The highest BCUT2D eigenvalue weighted by atomic mass is 35.5. The summed E-state index contributed by atoms with van der Waals surface area (Å²) in [4.78, 5) is 31.7. The summed E-state index contributed by atoms with van der Waals surface area (Å²) < 4.78 is 1.87. The molecule has 0 N–H and O–H groups in total. The number of para-hydroxylation sites is 1. The second kappa shape index (κ2) is 9.11. The van der Waals surface area contributed by atoms with E-state index in [1.54, 1.807) is 4.90 Å². The van der Waals surface area contributed by atoms with E-state index in [1.165, 1.54) is 11.8 Å². The number of carbonyl (C=O) groups is 2. The van der Waals surface area contributed by atoms with Crippen LogP contribution in [0.2, 0.25) is 5.02 Å². The number of aryl methyl sites for hydroxylation is 1. The van der Waals surface area contributed by atoms with Crippen molar-refractivity contribution in [2.24, 2.45) is 0 Å². The van der Waals surface area contributed by atoms with E-state index in [-0.39, 0.29) is 18.4 Å². The number of benzene rings is 2. The van der Waals surface area contributed by atoms with Crippen LogP contribution in [0.4, 0.5) is 11.4 Å². The summed E-state index contributed by atoms with van der Waals surface area (Å²) >= 11 is 7.46. The Bertz CT molecular complexity index is 1170. The average Bonchev–Trinajstić information content (AvgIpc) is 3.18. The summed E-state index contributed by atoms with van der Waals surface area (Å²) in [7, 11) is 0. The molecule has 0 unspecified atom stereocenters. The van der Waals surface area contributed by atoms with Gasteiger partial charge in [-0.3, -0.25) is 14.5 Å². The summed E-state index contributed by atoms with van der Waals surface area (Å²) in [5.74, 6) is 0.197. The summed E-state index contributed by atoms with van der Waals surface area (Å²) in [5.41, 5.74) is 3.53. The van der Waals surface area contributed by atoms with Crippen LogP contribution in [0.3, 0.4) is 0 Å². The number of carbonyl (C=O) groups excluding carboxylic acids is 2. The van der Waals surface area contributed by atoms with E-state index in [4.69, 9.17) is 11.6 Å². The smallest absolute Gasteiger partial charge is 0.242 e. The van der Waals surface area contributed by atoms with Crippen molar-refractivity contribution in [3.05, 3.63) is 65.3 Å². The van der Waals surface area contributed by atoms with Gasteiger partial charge in [0.25, 0.3) is 0 Å². The van der Waals surface area contributed by atoms with E-state index in [2.05, 4.69) is 10.00 Å². The minimum absolute atomic E-state index is 0.0364. The number of halogens is 1. The van der Waals surface area contributed by atoms with Gasteiger partial charge in [0.2, 0.25) is 11.8 Å². The first kappa shape index (κ1) is 21.9. The highest BCUT2D eigenvalue weighted by Gasteiger charge is 2.34. The predicted molar refractivity (Wildman–Crippen MR) is 132 cm³/mol. The summed E-state index contributed by atoms with van der Waals surface area (Å²) in [6.07, 6.45) is 0. The first-order valence-electron chi connectivity index (χ1n) is 10.9. The molecule has 3 aromatic rings. The van der Waals surface area contributed by atoms with Crippen LogP contribution < -0.4 is 9.80 Å². The van der Waals surface area contributed by atoms with Crippen molar-refractivity contribution in [2.45, 2.75) is 11.9 Å². The minimum atomic E-state index is -0.0589. The fourth-order valence-corrected chi connectivity index (χ4v) is 5.49. The van der Waals surface area contributed by atoms with Crippen molar-refractivity contribution in [1.29, 1.82) is 0 Å². The monoisotopic (exact) mass is 481 g/mol. The average molecular weight is 482 g/mol. The molecule has 3 heterocycles. The molecule has 1 saturated heterocycles. The second-order valence-corrected chi connectivity index (χ2v) is 9.50. The van der Waals surface area contributed by atoms with Crippen LogP contribution in [0.25, 0.3) is 5.69 Å². The lowest BCUT2D eigenvalue weighted by Crippen LogP contribution is -2.52. The molecule has 0 radical (unpaired) electrons. The number of thioether (sulfide) groups is 1. The summed E-state index contributed by atoms with van der Waals surface area (Å²) in [6, 6.07) is 17.6. The molecule has 2 aliphatic heterocycles. The highest BCUT2D eigenvalue weighted by Crippen LogP contribution is 2.39. The van der Waals surface area contributed by atoms with E-state index < -0.39 is 0 Å². The number of piperazine rings is 1. The number of anilines is 2. The van der Waals surface area contributed by atoms with Crippen molar-refractivity contribution < 1.29 is 9.59 Å². The molecule has 0 aliphatic carbocycles. The molecular weight excluding hydrogens is 458 g/mol.